The van der Waals surface area contributed by atoms with Gasteiger partial charge < -0.3 is 19.7 Å². The van der Waals surface area contributed by atoms with Crippen LogP contribution in [-0.2, 0) is 28.9 Å². The lowest BCUT2D eigenvalue weighted by molar-refractivity contribution is -0.158. The van der Waals surface area contributed by atoms with Gasteiger partial charge in [0, 0.05) is 0 Å². The predicted octanol–water partition coefficient (Wildman–Crippen LogP) is 5.27. The van der Waals surface area contributed by atoms with Gasteiger partial charge in [-0.1, -0.05) is 70.1 Å². The Hall–Kier alpha value is -2.81. The van der Waals surface area contributed by atoms with E-state index in [0.717, 1.165) is 56.2 Å². The van der Waals surface area contributed by atoms with Crippen molar-refractivity contribution >= 4 is 21.8 Å². The fourth-order valence-corrected chi connectivity index (χ4v) is 6.16. The number of allylic oxidation sites excluding steroid dienone is 2. The molecule has 0 spiro atoms. The molecule has 0 saturated carbocycles. The molecule has 0 radical (unpaired) electrons. The number of hydrogen-bond acceptors (Lipinski definition) is 8. The summed E-state index contributed by atoms with van der Waals surface area (Å²) in [5.74, 6) is -6.10. The third-order valence-corrected chi connectivity index (χ3v) is 8.61. The highest BCUT2D eigenvalue weighted by Crippen LogP contribution is 2.45. The second-order valence-corrected chi connectivity index (χ2v) is 11.2. The molecule has 200 valence electrons. The van der Waals surface area contributed by atoms with Crippen LogP contribution in [0.1, 0.15) is 70.8 Å². The van der Waals surface area contributed by atoms with Crippen LogP contribution in [0.15, 0.2) is 52.8 Å². The predicted molar refractivity (Wildman–Crippen MR) is 136 cm³/mol. The van der Waals surface area contributed by atoms with E-state index in [1.165, 1.54) is 24.3 Å². The molecule has 1 aromatic rings. The molecular weight excluding hydrogens is 484 g/mol. The zero-order valence-corrected chi connectivity index (χ0v) is 22.2. The van der Waals surface area contributed by atoms with Gasteiger partial charge in [0.05, 0.1) is 18.1 Å². The summed E-state index contributed by atoms with van der Waals surface area (Å²) in [6.45, 7) is 5.71. The number of aliphatic hydroxyl groups is 2. The van der Waals surface area contributed by atoms with E-state index >= 15 is 0 Å². The van der Waals surface area contributed by atoms with Gasteiger partial charge in [-0.15, -0.1) is 0 Å². The van der Waals surface area contributed by atoms with Crippen molar-refractivity contribution in [3.8, 4) is 0 Å². The summed E-state index contributed by atoms with van der Waals surface area (Å²) in [6, 6.07) is 5.65. The van der Waals surface area contributed by atoms with Crippen molar-refractivity contribution in [2.45, 2.75) is 81.8 Å². The van der Waals surface area contributed by atoms with Crippen molar-refractivity contribution in [3.05, 3.63) is 53.5 Å². The smallest absolute Gasteiger partial charge is 0.337 e. The van der Waals surface area contributed by atoms with Gasteiger partial charge in [0.15, 0.2) is 5.92 Å². The van der Waals surface area contributed by atoms with Crippen molar-refractivity contribution < 1.29 is 37.7 Å². The average molecular weight is 523 g/mol. The Bertz CT molecular complexity index is 1060. The Labute approximate surface area is 213 Å². The summed E-state index contributed by atoms with van der Waals surface area (Å²) in [4.78, 5) is 26.5. The molecule has 2 unspecified atom stereocenters. The van der Waals surface area contributed by atoms with E-state index in [1.807, 2.05) is 13.8 Å². The number of benzene rings is 1. The Balaban J connectivity index is 2.54. The van der Waals surface area contributed by atoms with Gasteiger partial charge >= 0.3 is 11.9 Å². The first kappa shape index (κ1) is 29.4. The van der Waals surface area contributed by atoms with Crippen LogP contribution in [0.2, 0.25) is 0 Å². The first-order chi connectivity index (χ1) is 17.1. The minimum atomic E-state index is -4.80. The highest BCUT2D eigenvalue weighted by atomic mass is 32.2. The molecule has 0 amide bonds. The van der Waals surface area contributed by atoms with E-state index in [-0.39, 0.29) is 18.1 Å². The van der Waals surface area contributed by atoms with Crippen LogP contribution in [0.25, 0.3) is 0 Å². The average Bonchev–Trinajstić information content (AvgIpc) is 2.84. The molecule has 0 aliphatic heterocycles. The number of unbranched alkanes of at least 4 members (excludes halogenated alkanes) is 6. The molecule has 0 saturated heterocycles. The van der Waals surface area contributed by atoms with Crippen LogP contribution >= 0.6 is 0 Å². The first-order valence-electron chi connectivity index (χ1n) is 12.6. The Kier molecular flexibility index (Phi) is 11.0. The quantitative estimate of drug-likeness (QED) is 0.250. The molecule has 0 aromatic heterocycles. The van der Waals surface area contributed by atoms with Crippen LogP contribution in [-0.4, -0.2) is 48.5 Å². The number of sulfone groups is 1. The second kappa shape index (κ2) is 13.5. The number of rotatable bonds is 14. The van der Waals surface area contributed by atoms with E-state index in [1.54, 1.807) is 6.92 Å². The molecule has 2 rings (SSSR count). The number of carbonyl (C=O) groups excluding carboxylic acids is 2. The van der Waals surface area contributed by atoms with Crippen molar-refractivity contribution in [2.24, 2.45) is 5.92 Å². The van der Waals surface area contributed by atoms with Gasteiger partial charge in [-0.05, 0) is 44.1 Å². The third kappa shape index (κ3) is 6.30. The molecule has 2 N–H and O–H groups in total. The van der Waals surface area contributed by atoms with Crippen LogP contribution in [0.3, 0.4) is 0 Å². The Morgan fingerprint density at radius 3 is 1.97 bits per heavy atom. The molecule has 2 atom stereocenters. The fraction of sp³-hybridized carbons (Fsp3) is 0.556. The lowest BCUT2D eigenvalue weighted by Gasteiger charge is -2.37. The van der Waals surface area contributed by atoms with Gasteiger partial charge in [0.25, 0.3) is 0 Å². The van der Waals surface area contributed by atoms with E-state index in [0.29, 0.717) is 12.8 Å². The van der Waals surface area contributed by atoms with E-state index in [9.17, 15) is 28.2 Å². The van der Waals surface area contributed by atoms with Crippen LogP contribution in [0.5, 0.6) is 0 Å². The Morgan fingerprint density at radius 1 is 0.861 bits per heavy atom. The van der Waals surface area contributed by atoms with Crippen molar-refractivity contribution in [1.29, 1.82) is 0 Å². The Morgan fingerprint density at radius 2 is 1.42 bits per heavy atom. The highest BCUT2D eigenvalue weighted by molar-refractivity contribution is 7.94. The molecule has 0 heterocycles. The molecule has 1 aliphatic carbocycles. The topological polar surface area (TPSA) is 127 Å². The minimum absolute atomic E-state index is 0.0141. The van der Waals surface area contributed by atoms with E-state index < -0.39 is 44.0 Å². The number of carbonyl (C=O) groups is 2. The third-order valence-electron chi connectivity index (χ3n) is 6.26. The SMILES string of the molecule is CCCCCCOC(=O)C1C(O)=CC=C(O)C1(C(=O)OCCCCCC)S(=O)(=O)c1ccc(C)cc1. The standard InChI is InChI=1S/C27H38O8S/c1-4-6-8-10-18-34-25(30)24-22(28)16-17-23(29)27(24,26(31)35-19-11-9-7-5-2)36(32,33)21-14-12-20(3)13-15-21/h12-17,24,28-29H,4-11,18-19H2,1-3H3. The lowest BCUT2D eigenvalue weighted by Crippen LogP contribution is -2.59. The lowest BCUT2D eigenvalue weighted by atomic mass is 9.84. The fourth-order valence-electron chi connectivity index (χ4n) is 4.14. The first-order valence-corrected chi connectivity index (χ1v) is 14.1. The summed E-state index contributed by atoms with van der Waals surface area (Å²) < 4.78 is 35.8. The normalized spacial score (nSPS) is 19.8. The molecular formula is C27H38O8S. The number of hydrogen-bond donors (Lipinski definition) is 2. The molecule has 1 aromatic carbocycles. The van der Waals surface area contributed by atoms with Crippen LogP contribution in [0.4, 0.5) is 0 Å². The van der Waals surface area contributed by atoms with Gasteiger partial charge in [-0.3, -0.25) is 4.79 Å². The maximum atomic E-state index is 14.0. The molecule has 36 heavy (non-hydrogen) atoms. The molecule has 0 fully saturated rings. The maximum Gasteiger partial charge on any atom is 0.337 e. The number of esters is 2. The molecule has 0 bridgehead atoms. The van der Waals surface area contributed by atoms with Crippen molar-refractivity contribution in [3.63, 3.8) is 0 Å². The van der Waals surface area contributed by atoms with Crippen LogP contribution < -0.4 is 0 Å². The molecule has 9 heteroatoms. The van der Waals surface area contributed by atoms with E-state index in [4.69, 9.17) is 9.47 Å². The van der Waals surface area contributed by atoms with Crippen LogP contribution in [0, 0.1) is 12.8 Å². The number of ether oxygens (including phenoxy) is 2. The maximum absolute atomic E-state index is 14.0. The van der Waals surface area contributed by atoms with Crippen molar-refractivity contribution in [1.82, 2.24) is 0 Å². The molecule has 1 aliphatic rings. The van der Waals surface area contributed by atoms with Gasteiger partial charge in [0.2, 0.25) is 14.6 Å². The number of aliphatic hydroxyl groups excluding tert-OH is 2. The minimum Gasteiger partial charge on any atom is -0.511 e. The monoisotopic (exact) mass is 522 g/mol. The summed E-state index contributed by atoms with van der Waals surface area (Å²) in [5.41, 5.74) is 0.774. The van der Waals surface area contributed by atoms with Gasteiger partial charge in [0.1, 0.15) is 11.5 Å². The number of aryl methyl sites for hydroxylation is 1. The van der Waals surface area contributed by atoms with Gasteiger partial charge in [-0.25, -0.2) is 13.2 Å². The zero-order chi connectivity index (χ0) is 26.8. The summed E-state index contributed by atoms with van der Waals surface area (Å²) in [6.07, 6.45) is 8.26. The van der Waals surface area contributed by atoms with Crippen molar-refractivity contribution in [2.75, 3.05) is 13.2 Å². The zero-order valence-electron chi connectivity index (χ0n) is 21.4. The second-order valence-electron chi connectivity index (χ2n) is 9.05. The highest BCUT2D eigenvalue weighted by Gasteiger charge is 2.67. The summed E-state index contributed by atoms with van der Waals surface area (Å²) >= 11 is 0. The van der Waals surface area contributed by atoms with E-state index in [2.05, 4.69) is 0 Å². The van der Waals surface area contributed by atoms with Gasteiger partial charge in [-0.2, -0.15) is 0 Å². The summed E-state index contributed by atoms with van der Waals surface area (Å²) in [5, 5.41) is 21.7. The molecule has 8 nitrogen and oxygen atoms in total. The summed E-state index contributed by atoms with van der Waals surface area (Å²) in [7, 11) is -4.80. The largest absolute Gasteiger partial charge is 0.511 e.